The molecule has 1 aromatic heterocycles. The molecule has 0 fully saturated rings. The fourth-order valence-corrected chi connectivity index (χ4v) is 4.97. The smallest absolute Gasteiger partial charge is 0.264 e. The molecule has 0 unspecified atom stereocenters. The average Bonchev–Trinajstić information content (AvgIpc) is 3.10. The van der Waals surface area contributed by atoms with E-state index in [4.69, 9.17) is 4.84 Å². The van der Waals surface area contributed by atoms with E-state index in [1.807, 2.05) is 12.3 Å². The number of thiophene rings is 1. The van der Waals surface area contributed by atoms with E-state index in [1.165, 1.54) is 36.7 Å². The van der Waals surface area contributed by atoms with Crippen molar-refractivity contribution in [3.8, 4) is 0 Å². The third-order valence-electron chi connectivity index (χ3n) is 4.51. The molecule has 0 bridgehead atoms. The Labute approximate surface area is 151 Å². The fraction of sp³-hybridized carbons (Fsp3) is 0.353. The first kappa shape index (κ1) is 18.1. The van der Waals surface area contributed by atoms with E-state index >= 15 is 0 Å². The number of hydrogen-bond donors (Lipinski definition) is 0. The zero-order valence-electron chi connectivity index (χ0n) is 14.3. The highest BCUT2D eigenvalue weighted by molar-refractivity contribution is 7.89. The Kier molecular flexibility index (Phi) is 4.97. The third-order valence-corrected chi connectivity index (χ3v) is 7.18. The summed E-state index contributed by atoms with van der Waals surface area (Å²) in [5, 5.41) is 2.04. The first-order valence-corrected chi connectivity index (χ1v) is 10.2. The molecule has 6 nitrogen and oxygen atoms in total. The summed E-state index contributed by atoms with van der Waals surface area (Å²) < 4.78 is 25.5. The minimum atomic E-state index is -3.79. The molecular weight excluding hydrogens is 360 g/mol. The van der Waals surface area contributed by atoms with E-state index in [0.717, 1.165) is 10.9 Å². The summed E-state index contributed by atoms with van der Waals surface area (Å²) in [4.78, 5) is 20.9. The molecule has 8 heteroatoms. The molecule has 1 aliphatic rings. The summed E-state index contributed by atoms with van der Waals surface area (Å²) in [5.74, 6) is -0.165. The Morgan fingerprint density at radius 2 is 2.12 bits per heavy atom. The van der Waals surface area contributed by atoms with Crippen molar-refractivity contribution < 1.29 is 18.0 Å². The summed E-state index contributed by atoms with van der Waals surface area (Å²) in [6.07, 6.45) is 0.827. The second kappa shape index (κ2) is 6.87. The van der Waals surface area contributed by atoms with Crippen LogP contribution in [0, 0.1) is 0 Å². The van der Waals surface area contributed by atoms with Crippen molar-refractivity contribution in [2.45, 2.75) is 24.3 Å². The normalized spacial score (nSPS) is 17.6. The van der Waals surface area contributed by atoms with Gasteiger partial charge in [0.05, 0.1) is 18.0 Å². The molecule has 1 aliphatic heterocycles. The average molecular weight is 380 g/mol. The molecule has 1 amide bonds. The van der Waals surface area contributed by atoms with Gasteiger partial charge in [-0.15, -0.1) is 11.3 Å². The molecule has 2 aromatic rings. The predicted molar refractivity (Wildman–Crippen MR) is 95.9 cm³/mol. The lowest BCUT2D eigenvalue weighted by atomic mass is 10.0. The van der Waals surface area contributed by atoms with Gasteiger partial charge >= 0.3 is 0 Å². The van der Waals surface area contributed by atoms with E-state index in [9.17, 15) is 13.2 Å². The molecule has 0 radical (unpaired) electrons. The third kappa shape index (κ3) is 3.22. The molecule has 2 heterocycles. The van der Waals surface area contributed by atoms with Gasteiger partial charge in [0.25, 0.3) is 15.9 Å². The van der Waals surface area contributed by atoms with Crippen LogP contribution in [0.2, 0.25) is 0 Å². The summed E-state index contributed by atoms with van der Waals surface area (Å²) in [7, 11) is -1.19. The number of benzene rings is 1. The van der Waals surface area contributed by atoms with Crippen LogP contribution in [0.3, 0.4) is 0 Å². The number of carbonyl (C=O) groups is 1. The van der Waals surface area contributed by atoms with Gasteiger partial charge < -0.3 is 4.90 Å². The van der Waals surface area contributed by atoms with Gasteiger partial charge in [0.1, 0.15) is 0 Å². The monoisotopic (exact) mass is 380 g/mol. The molecule has 0 spiro atoms. The van der Waals surface area contributed by atoms with Crippen molar-refractivity contribution in [2.75, 3.05) is 20.7 Å². The van der Waals surface area contributed by atoms with E-state index in [1.54, 1.807) is 28.4 Å². The van der Waals surface area contributed by atoms with Crippen molar-refractivity contribution in [1.82, 2.24) is 9.37 Å². The minimum Gasteiger partial charge on any atom is -0.331 e. The zero-order valence-corrected chi connectivity index (χ0v) is 15.9. The molecule has 0 aliphatic carbocycles. The molecule has 1 atom stereocenters. The highest BCUT2D eigenvalue weighted by atomic mass is 32.2. The van der Waals surface area contributed by atoms with Gasteiger partial charge in [-0.05, 0) is 48.6 Å². The molecule has 0 saturated carbocycles. The highest BCUT2D eigenvalue weighted by Gasteiger charge is 2.30. The van der Waals surface area contributed by atoms with Gasteiger partial charge in [-0.2, -0.15) is 0 Å². The van der Waals surface area contributed by atoms with Crippen LogP contribution in [0.4, 0.5) is 0 Å². The van der Waals surface area contributed by atoms with Gasteiger partial charge in [-0.1, -0.05) is 10.5 Å². The highest BCUT2D eigenvalue weighted by Crippen LogP contribution is 2.33. The van der Waals surface area contributed by atoms with Crippen LogP contribution >= 0.6 is 11.3 Å². The maximum atomic E-state index is 13.0. The topological polar surface area (TPSA) is 66.9 Å². The quantitative estimate of drug-likeness (QED) is 0.765. The molecule has 0 saturated heterocycles. The van der Waals surface area contributed by atoms with Crippen molar-refractivity contribution in [3.63, 3.8) is 0 Å². The molecule has 3 rings (SSSR count). The Morgan fingerprint density at radius 1 is 1.36 bits per heavy atom. The number of hydroxylamine groups is 1. The number of nitrogens with zero attached hydrogens (tertiary/aromatic N) is 2. The van der Waals surface area contributed by atoms with Crippen LogP contribution in [0.25, 0.3) is 0 Å². The van der Waals surface area contributed by atoms with Crippen molar-refractivity contribution in [2.24, 2.45) is 0 Å². The van der Waals surface area contributed by atoms with Gasteiger partial charge in [0.15, 0.2) is 0 Å². The van der Waals surface area contributed by atoms with E-state index in [-0.39, 0.29) is 16.8 Å². The lowest BCUT2D eigenvalue weighted by Gasteiger charge is -2.33. The predicted octanol–water partition coefficient (Wildman–Crippen LogP) is 2.69. The maximum absolute atomic E-state index is 13.0. The molecule has 134 valence electrons. The Bertz CT molecular complexity index is 892. The first-order valence-electron chi connectivity index (χ1n) is 7.86. The van der Waals surface area contributed by atoms with E-state index in [2.05, 4.69) is 6.07 Å². The van der Waals surface area contributed by atoms with Crippen molar-refractivity contribution in [1.29, 1.82) is 0 Å². The zero-order chi connectivity index (χ0) is 18.2. The number of amides is 1. The van der Waals surface area contributed by atoms with Crippen LogP contribution in [0.15, 0.2) is 40.6 Å². The Morgan fingerprint density at radius 3 is 2.84 bits per heavy atom. The molecule has 1 aromatic carbocycles. The lowest BCUT2D eigenvalue weighted by molar-refractivity contribution is -0.0258. The van der Waals surface area contributed by atoms with Gasteiger partial charge in [-0.3, -0.25) is 9.63 Å². The molecule has 25 heavy (non-hydrogen) atoms. The minimum absolute atomic E-state index is 0.0237. The van der Waals surface area contributed by atoms with Crippen LogP contribution in [0.1, 0.15) is 33.8 Å². The number of rotatable bonds is 4. The van der Waals surface area contributed by atoms with E-state index < -0.39 is 10.0 Å². The second-order valence-corrected chi connectivity index (χ2v) is 8.79. The van der Waals surface area contributed by atoms with Gasteiger partial charge in [0, 0.05) is 24.0 Å². The van der Waals surface area contributed by atoms with Crippen LogP contribution in [-0.2, 0) is 21.3 Å². The number of fused-ring (bicyclic) bond motifs is 1. The maximum Gasteiger partial charge on any atom is 0.264 e. The lowest BCUT2D eigenvalue weighted by Crippen LogP contribution is -2.38. The SMILES string of the molecule is CON(C)S(=O)(=O)c1cccc(C(=O)N2CCc3sccc3[C@H]2C)c1. The van der Waals surface area contributed by atoms with Crippen LogP contribution < -0.4 is 0 Å². The number of sulfonamides is 1. The number of hydrogen-bond acceptors (Lipinski definition) is 5. The van der Waals surface area contributed by atoms with E-state index in [0.29, 0.717) is 12.1 Å². The summed E-state index contributed by atoms with van der Waals surface area (Å²) in [6.45, 7) is 2.63. The summed E-state index contributed by atoms with van der Waals surface area (Å²) >= 11 is 1.71. The van der Waals surface area contributed by atoms with Crippen LogP contribution in [-0.4, -0.2) is 44.4 Å². The van der Waals surface area contributed by atoms with Gasteiger partial charge in [0.2, 0.25) is 0 Å². The fourth-order valence-electron chi connectivity index (χ4n) is 2.99. The largest absolute Gasteiger partial charge is 0.331 e. The molecular formula is C17H20N2O4S2. The first-order chi connectivity index (χ1) is 11.9. The molecule has 0 N–H and O–H groups in total. The summed E-state index contributed by atoms with van der Waals surface area (Å²) in [5.41, 5.74) is 1.53. The summed E-state index contributed by atoms with van der Waals surface area (Å²) in [6, 6.07) is 8.11. The Hall–Kier alpha value is -1.74. The van der Waals surface area contributed by atoms with Crippen molar-refractivity contribution >= 4 is 27.3 Å². The van der Waals surface area contributed by atoms with Gasteiger partial charge in [-0.25, -0.2) is 8.42 Å². The van der Waals surface area contributed by atoms with Crippen LogP contribution in [0.5, 0.6) is 0 Å². The number of carbonyl (C=O) groups excluding carboxylic acids is 1. The Balaban J connectivity index is 1.90. The van der Waals surface area contributed by atoms with Crippen molar-refractivity contribution in [3.05, 3.63) is 51.7 Å². The second-order valence-electron chi connectivity index (χ2n) is 5.85. The standard InChI is InChI=1S/C17H20N2O4S2/c1-12-15-8-10-24-16(15)7-9-19(12)17(20)13-5-4-6-14(11-13)25(21,22)18(2)23-3/h4-6,8,10-12H,7,9H2,1-3H3/t12-/m1/s1.